The van der Waals surface area contributed by atoms with Gasteiger partial charge in [-0.25, -0.2) is 0 Å². The number of benzene rings is 2. The first kappa shape index (κ1) is 16.3. The Morgan fingerprint density at radius 3 is 2.00 bits per heavy atom. The Kier molecular flexibility index (Phi) is 6.68. The van der Waals surface area contributed by atoms with E-state index in [9.17, 15) is 0 Å². The van der Waals surface area contributed by atoms with Gasteiger partial charge in [-0.05, 0) is 30.2 Å². The maximum absolute atomic E-state index is 8.59. The lowest BCUT2D eigenvalue weighted by Gasteiger charge is -2.06. The standard InChI is InChI=1S/C19H22O3/c1-16-2-4-17(5-3-16)6-7-18-8-10-19(11-9-18)22-15-14-21-13-12-20/h2-11,20H,12-15H2,1H3. The van der Waals surface area contributed by atoms with Crippen LogP contribution in [0.25, 0.3) is 12.2 Å². The van der Waals surface area contributed by atoms with Crippen LogP contribution in [0, 0.1) is 6.92 Å². The summed E-state index contributed by atoms with van der Waals surface area (Å²) < 4.78 is 10.7. The highest BCUT2D eigenvalue weighted by Gasteiger charge is 1.94. The average Bonchev–Trinajstić information content (AvgIpc) is 2.55. The Morgan fingerprint density at radius 1 is 0.818 bits per heavy atom. The van der Waals surface area contributed by atoms with E-state index in [1.54, 1.807) is 0 Å². The van der Waals surface area contributed by atoms with Gasteiger partial charge in [-0.1, -0.05) is 54.1 Å². The smallest absolute Gasteiger partial charge is 0.119 e. The van der Waals surface area contributed by atoms with E-state index in [1.165, 1.54) is 11.1 Å². The zero-order valence-electron chi connectivity index (χ0n) is 12.9. The van der Waals surface area contributed by atoms with Crippen LogP contribution in [0.15, 0.2) is 48.5 Å². The van der Waals surface area contributed by atoms with Crippen molar-refractivity contribution in [3.63, 3.8) is 0 Å². The van der Waals surface area contributed by atoms with E-state index in [0.29, 0.717) is 19.8 Å². The average molecular weight is 298 g/mol. The second-order valence-electron chi connectivity index (χ2n) is 5.00. The van der Waals surface area contributed by atoms with Crippen LogP contribution in [0.2, 0.25) is 0 Å². The van der Waals surface area contributed by atoms with E-state index in [4.69, 9.17) is 14.6 Å². The molecule has 0 radical (unpaired) electrons. The molecule has 0 aliphatic carbocycles. The van der Waals surface area contributed by atoms with Crippen LogP contribution in [0.4, 0.5) is 0 Å². The Labute approximate surface area is 131 Å². The van der Waals surface area contributed by atoms with Crippen molar-refractivity contribution in [2.24, 2.45) is 0 Å². The molecule has 3 heteroatoms. The van der Waals surface area contributed by atoms with Crippen LogP contribution in [0.3, 0.4) is 0 Å². The molecule has 0 unspecified atom stereocenters. The molecule has 3 nitrogen and oxygen atoms in total. The molecule has 2 rings (SSSR count). The SMILES string of the molecule is Cc1ccc(C=Cc2ccc(OCCOCCO)cc2)cc1. The fraction of sp³-hybridized carbons (Fsp3) is 0.263. The maximum Gasteiger partial charge on any atom is 0.119 e. The van der Waals surface area contributed by atoms with Crippen molar-refractivity contribution in [2.75, 3.05) is 26.4 Å². The van der Waals surface area contributed by atoms with Crippen LogP contribution in [-0.2, 0) is 4.74 Å². The van der Waals surface area contributed by atoms with E-state index >= 15 is 0 Å². The largest absolute Gasteiger partial charge is 0.491 e. The predicted octanol–water partition coefficient (Wildman–Crippen LogP) is 3.55. The van der Waals surface area contributed by atoms with Gasteiger partial charge >= 0.3 is 0 Å². The van der Waals surface area contributed by atoms with Gasteiger partial charge in [-0.15, -0.1) is 0 Å². The first-order chi connectivity index (χ1) is 10.8. The minimum atomic E-state index is 0.0437. The number of hydrogen-bond donors (Lipinski definition) is 1. The van der Waals surface area contributed by atoms with E-state index in [1.807, 2.05) is 24.3 Å². The van der Waals surface area contributed by atoms with Gasteiger partial charge in [0.15, 0.2) is 0 Å². The molecule has 0 aliphatic heterocycles. The van der Waals surface area contributed by atoms with Crippen LogP contribution in [0.1, 0.15) is 16.7 Å². The molecule has 0 saturated heterocycles. The lowest BCUT2D eigenvalue weighted by molar-refractivity contribution is 0.0705. The van der Waals surface area contributed by atoms with Crippen molar-refractivity contribution in [1.82, 2.24) is 0 Å². The summed E-state index contributed by atoms with van der Waals surface area (Å²) in [5, 5.41) is 8.59. The molecule has 22 heavy (non-hydrogen) atoms. The Hall–Kier alpha value is -2.10. The number of aliphatic hydroxyl groups excluding tert-OH is 1. The van der Waals surface area contributed by atoms with E-state index in [2.05, 4.69) is 43.3 Å². The molecule has 2 aromatic carbocycles. The summed E-state index contributed by atoms with van der Waals surface area (Å²) in [6.07, 6.45) is 4.18. The predicted molar refractivity (Wildman–Crippen MR) is 89.9 cm³/mol. The Morgan fingerprint density at radius 2 is 1.41 bits per heavy atom. The van der Waals surface area contributed by atoms with E-state index in [-0.39, 0.29) is 6.61 Å². The first-order valence-electron chi connectivity index (χ1n) is 7.44. The Balaban J connectivity index is 1.82. The normalized spacial score (nSPS) is 11.0. The molecule has 0 aliphatic rings. The fourth-order valence-electron chi connectivity index (χ4n) is 1.93. The van der Waals surface area contributed by atoms with E-state index in [0.717, 1.165) is 11.3 Å². The van der Waals surface area contributed by atoms with Crippen LogP contribution in [-0.4, -0.2) is 31.5 Å². The van der Waals surface area contributed by atoms with Gasteiger partial charge in [-0.3, -0.25) is 0 Å². The van der Waals surface area contributed by atoms with Crippen molar-refractivity contribution in [3.8, 4) is 5.75 Å². The van der Waals surface area contributed by atoms with E-state index < -0.39 is 0 Å². The quantitative estimate of drug-likeness (QED) is 0.598. The molecule has 2 aromatic rings. The van der Waals surface area contributed by atoms with Crippen molar-refractivity contribution >= 4 is 12.2 Å². The lowest BCUT2D eigenvalue weighted by atomic mass is 10.1. The maximum atomic E-state index is 8.59. The van der Waals surface area contributed by atoms with Crippen molar-refractivity contribution in [3.05, 3.63) is 65.2 Å². The zero-order valence-corrected chi connectivity index (χ0v) is 12.9. The number of ether oxygens (including phenoxy) is 2. The molecular formula is C19H22O3. The second-order valence-corrected chi connectivity index (χ2v) is 5.00. The molecule has 1 N–H and O–H groups in total. The fourth-order valence-corrected chi connectivity index (χ4v) is 1.93. The van der Waals surface area contributed by atoms with Gasteiger partial charge in [0.1, 0.15) is 12.4 Å². The minimum Gasteiger partial charge on any atom is -0.491 e. The van der Waals surface area contributed by atoms with Crippen LogP contribution >= 0.6 is 0 Å². The second kappa shape index (κ2) is 9.03. The summed E-state index contributed by atoms with van der Waals surface area (Å²) in [4.78, 5) is 0. The van der Waals surface area contributed by atoms with Gasteiger partial charge in [0.25, 0.3) is 0 Å². The summed E-state index contributed by atoms with van der Waals surface area (Å²) in [5.41, 5.74) is 3.58. The molecule has 0 amide bonds. The molecule has 0 heterocycles. The molecule has 0 saturated carbocycles. The topological polar surface area (TPSA) is 38.7 Å². The van der Waals surface area contributed by atoms with Crippen molar-refractivity contribution < 1.29 is 14.6 Å². The van der Waals surface area contributed by atoms with Crippen LogP contribution in [0.5, 0.6) is 5.75 Å². The molecule has 0 spiro atoms. The molecule has 0 fully saturated rings. The number of aryl methyl sites for hydroxylation is 1. The summed E-state index contributed by atoms with van der Waals surface area (Å²) in [5.74, 6) is 0.820. The van der Waals surface area contributed by atoms with Crippen molar-refractivity contribution in [2.45, 2.75) is 6.92 Å². The Bertz CT molecular complexity index is 571. The highest BCUT2D eigenvalue weighted by atomic mass is 16.5. The van der Waals surface area contributed by atoms with Gasteiger partial charge in [-0.2, -0.15) is 0 Å². The molecule has 0 atom stereocenters. The van der Waals surface area contributed by atoms with Gasteiger partial charge in [0.2, 0.25) is 0 Å². The number of rotatable bonds is 8. The third kappa shape index (κ3) is 5.72. The molecule has 116 valence electrons. The zero-order chi connectivity index (χ0) is 15.6. The molecule has 0 aromatic heterocycles. The summed E-state index contributed by atoms with van der Waals surface area (Å²) in [7, 11) is 0. The third-order valence-corrected chi connectivity index (χ3v) is 3.16. The molecule has 0 bridgehead atoms. The monoisotopic (exact) mass is 298 g/mol. The summed E-state index contributed by atoms with van der Waals surface area (Å²) >= 11 is 0. The van der Waals surface area contributed by atoms with Gasteiger partial charge in [0, 0.05) is 0 Å². The third-order valence-electron chi connectivity index (χ3n) is 3.16. The number of hydrogen-bond acceptors (Lipinski definition) is 3. The highest BCUT2D eigenvalue weighted by Crippen LogP contribution is 2.15. The van der Waals surface area contributed by atoms with Gasteiger partial charge in [0.05, 0.1) is 19.8 Å². The van der Waals surface area contributed by atoms with Crippen molar-refractivity contribution in [1.29, 1.82) is 0 Å². The first-order valence-corrected chi connectivity index (χ1v) is 7.44. The molecular weight excluding hydrogens is 276 g/mol. The minimum absolute atomic E-state index is 0.0437. The highest BCUT2D eigenvalue weighted by molar-refractivity contribution is 5.69. The summed E-state index contributed by atoms with van der Waals surface area (Å²) in [6, 6.07) is 16.4. The van der Waals surface area contributed by atoms with Crippen LogP contribution < -0.4 is 4.74 Å². The lowest BCUT2D eigenvalue weighted by Crippen LogP contribution is -2.08. The summed E-state index contributed by atoms with van der Waals surface area (Å²) in [6.45, 7) is 3.45. The number of aliphatic hydroxyl groups is 1. The van der Waals surface area contributed by atoms with Gasteiger partial charge < -0.3 is 14.6 Å².